The Balaban J connectivity index is 3.62. The van der Waals surface area contributed by atoms with Crippen LogP contribution in [0.15, 0.2) is 6.07 Å². The summed E-state index contributed by atoms with van der Waals surface area (Å²) in [5, 5.41) is 24.1. The van der Waals surface area contributed by atoms with Gasteiger partial charge in [-0.3, -0.25) is 20.2 Å². The van der Waals surface area contributed by atoms with E-state index in [2.05, 4.69) is 17.5 Å². The van der Waals surface area contributed by atoms with Crippen LogP contribution in [0.1, 0.15) is 11.1 Å². The molecule has 0 aliphatic heterocycles. The molecule has 0 spiro atoms. The minimum Gasteiger partial charge on any atom is -0.376 e. The zero-order chi connectivity index (χ0) is 14.0. The minimum atomic E-state index is -0.698. The summed E-state index contributed by atoms with van der Waals surface area (Å²) in [7, 11) is 0. The van der Waals surface area contributed by atoms with E-state index in [0.717, 1.165) is 0 Å². The number of hydrogen-bond acceptors (Lipinski definition) is 5. The maximum atomic E-state index is 11.0. The van der Waals surface area contributed by atoms with E-state index in [4.69, 9.17) is 5.73 Å². The fourth-order valence-electron chi connectivity index (χ4n) is 1.58. The van der Waals surface area contributed by atoms with Gasteiger partial charge in [-0.2, -0.15) is 0 Å². The van der Waals surface area contributed by atoms with Crippen LogP contribution in [0.4, 0.5) is 17.1 Å². The predicted molar refractivity (Wildman–Crippen MR) is 69.6 cm³/mol. The number of nitrogens with two attached hydrogens (primary N) is 1. The van der Waals surface area contributed by atoms with E-state index in [1.54, 1.807) is 0 Å². The fourth-order valence-corrected chi connectivity index (χ4v) is 1.68. The normalized spacial score (nSPS) is 9.89. The summed E-state index contributed by atoms with van der Waals surface area (Å²) in [5.74, 6) is 0. The van der Waals surface area contributed by atoms with E-state index in [1.807, 2.05) is 0 Å². The topological polar surface area (TPSA) is 124 Å². The number of benzene rings is 1. The Kier molecular flexibility index (Phi) is 3.76. The number of nitro benzene ring substituents is 2. The second-order valence-electron chi connectivity index (χ2n) is 3.56. The van der Waals surface area contributed by atoms with E-state index in [9.17, 15) is 20.2 Å². The molecule has 0 heterocycles. The molecule has 0 atom stereocenters. The molecule has 1 aromatic rings. The Labute approximate surface area is 107 Å². The van der Waals surface area contributed by atoms with Crippen LogP contribution in [0.3, 0.4) is 0 Å². The molecule has 8 nitrogen and oxygen atoms in total. The van der Waals surface area contributed by atoms with E-state index in [-0.39, 0.29) is 22.1 Å². The lowest BCUT2D eigenvalue weighted by atomic mass is 10.1. The van der Waals surface area contributed by atoms with Crippen molar-refractivity contribution in [2.24, 2.45) is 5.73 Å². The van der Waals surface area contributed by atoms with E-state index in [1.165, 1.54) is 19.9 Å². The van der Waals surface area contributed by atoms with Crippen molar-refractivity contribution >= 4 is 34.4 Å². The quantitative estimate of drug-likeness (QED) is 0.487. The second-order valence-corrected chi connectivity index (χ2v) is 4.00. The molecule has 0 fully saturated rings. The largest absolute Gasteiger partial charge is 0.376 e. The molecule has 0 aromatic heterocycles. The molecule has 0 bridgehead atoms. The first kappa shape index (κ1) is 13.8. The molecular weight excluding hydrogens is 260 g/mol. The number of nitrogens with one attached hydrogen (secondary N) is 1. The van der Waals surface area contributed by atoms with Crippen LogP contribution in [0.2, 0.25) is 0 Å². The maximum absolute atomic E-state index is 11.0. The van der Waals surface area contributed by atoms with Crippen LogP contribution < -0.4 is 11.1 Å². The molecule has 0 saturated carbocycles. The number of nitrogens with zero attached hydrogens (tertiary/aromatic N) is 2. The Morgan fingerprint density at radius 3 is 2.28 bits per heavy atom. The highest BCUT2D eigenvalue weighted by Gasteiger charge is 2.28. The van der Waals surface area contributed by atoms with Gasteiger partial charge in [0.25, 0.3) is 5.69 Å². The van der Waals surface area contributed by atoms with Gasteiger partial charge in [0.1, 0.15) is 11.3 Å². The molecule has 0 saturated heterocycles. The Morgan fingerprint density at radius 1 is 1.33 bits per heavy atom. The Hall–Kier alpha value is -2.29. The first-order valence-corrected chi connectivity index (χ1v) is 5.16. The molecule has 0 unspecified atom stereocenters. The summed E-state index contributed by atoms with van der Waals surface area (Å²) >= 11 is 4.62. The molecule has 0 radical (unpaired) electrons. The number of hydrogen-bond donors (Lipinski definition) is 2. The molecule has 1 rings (SSSR count). The van der Waals surface area contributed by atoms with Gasteiger partial charge in [0, 0.05) is 6.07 Å². The highest BCUT2D eigenvalue weighted by Crippen LogP contribution is 2.37. The Bertz CT molecular complexity index is 558. The number of aryl methyl sites for hydroxylation is 1. The van der Waals surface area contributed by atoms with Crippen LogP contribution in [0.5, 0.6) is 0 Å². The zero-order valence-electron chi connectivity index (χ0n) is 9.59. The molecule has 96 valence electrons. The van der Waals surface area contributed by atoms with Gasteiger partial charge in [-0.25, -0.2) is 0 Å². The smallest absolute Gasteiger partial charge is 0.302 e. The Morgan fingerprint density at radius 2 is 1.89 bits per heavy atom. The summed E-state index contributed by atoms with van der Waals surface area (Å²) in [6.45, 7) is 2.81. The van der Waals surface area contributed by atoms with E-state index in [0.29, 0.717) is 5.56 Å². The first-order valence-electron chi connectivity index (χ1n) is 4.75. The van der Waals surface area contributed by atoms with Gasteiger partial charge < -0.3 is 11.1 Å². The van der Waals surface area contributed by atoms with Gasteiger partial charge in [-0.05, 0) is 31.6 Å². The molecule has 0 aliphatic carbocycles. The first-order chi connectivity index (χ1) is 8.25. The van der Waals surface area contributed by atoms with Crippen molar-refractivity contribution in [3.8, 4) is 0 Å². The molecule has 0 amide bonds. The van der Waals surface area contributed by atoms with Gasteiger partial charge in [-0.1, -0.05) is 0 Å². The molecule has 18 heavy (non-hydrogen) atoms. The van der Waals surface area contributed by atoms with E-state index < -0.39 is 15.5 Å². The third kappa shape index (κ3) is 2.51. The SMILES string of the molecule is Cc1cc([N+](=O)[O-])c(C)c([N+](=O)[O-])c1NC(N)=S. The summed E-state index contributed by atoms with van der Waals surface area (Å²) in [4.78, 5) is 20.4. The van der Waals surface area contributed by atoms with Crippen molar-refractivity contribution in [3.63, 3.8) is 0 Å². The van der Waals surface area contributed by atoms with Crippen molar-refractivity contribution in [2.75, 3.05) is 5.32 Å². The van der Waals surface area contributed by atoms with Gasteiger partial charge in [0.15, 0.2) is 5.11 Å². The summed E-state index contributed by atoms with van der Waals surface area (Å²) in [5.41, 5.74) is 4.93. The monoisotopic (exact) mass is 270 g/mol. The number of rotatable bonds is 3. The van der Waals surface area contributed by atoms with Crippen LogP contribution in [-0.4, -0.2) is 15.0 Å². The minimum absolute atomic E-state index is 0.0469. The average molecular weight is 270 g/mol. The van der Waals surface area contributed by atoms with Crippen LogP contribution >= 0.6 is 12.2 Å². The average Bonchev–Trinajstić information content (AvgIpc) is 2.21. The maximum Gasteiger partial charge on any atom is 0.302 e. The number of anilines is 1. The molecular formula is C9H10N4O4S. The van der Waals surface area contributed by atoms with Gasteiger partial charge >= 0.3 is 5.69 Å². The highest BCUT2D eigenvalue weighted by molar-refractivity contribution is 7.80. The van der Waals surface area contributed by atoms with Crippen molar-refractivity contribution in [3.05, 3.63) is 37.4 Å². The number of thiocarbonyl (C=S) groups is 1. The van der Waals surface area contributed by atoms with Crippen LogP contribution in [0, 0.1) is 34.1 Å². The molecule has 1 aromatic carbocycles. The molecule has 3 N–H and O–H groups in total. The van der Waals surface area contributed by atoms with Crippen LogP contribution in [0.25, 0.3) is 0 Å². The van der Waals surface area contributed by atoms with Crippen molar-refractivity contribution < 1.29 is 9.85 Å². The summed E-state index contributed by atoms with van der Waals surface area (Å²) in [6, 6.07) is 1.24. The van der Waals surface area contributed by atoms with Gasteiger partial charge in [-0.15, -0.1) is 0 Å². The highest BCUT2D eigenvalue weighted by atomic mass is 32.1. The zero-order valence-corrected chi connectivity index (χ0v) is 10.4. The molecule has 9 heteroatoms. The molecule has 0 aliphatic rings. The fraction of sp³-hybridized carbons (Fsp3) is 0.222. The lowest BCUT2D eigenvalue weighted by Gasteiger charge is -2.10. The summed E-state index contributed by atoms with van der Waals surface area (Å²) < 4.78 is 0. The van der Waals surface area contributed by atoms with Crippen molar-refractivity contribution in [1.82, 2.24) is 0 Å². The van der Waals surface area contributed by atoms with E-state index >= 15 is 0 Å². The summed E-state index contributed by atoms with van der Waals surface area (Å²) in [6.07, 6.45) is 0. The third-order valence-corrected chi connectivity index (χ3v) is 2.45. The number of nitro groups is 2. The van der Waals surface area contributed by atoms with Gasteiger partial charge in [0.2, 0.25) is 0 Å². The second kappa shape index (κ2) is 4.92. The third-order valence-electron chi connectivity index (χ3n) is 2.35. The van der Waals surface area contributed by atoms with Crippen molar-refractivity contribution in [1.29, 1.82) is 0 Å². The van der Waals surface area contributed by atoms with Crippen molar-refractivity contribution in [2.45, 2.75) is 13.8 Å². The lowest BCUT2D eigenvalue weighted by molar-refractivity contribution is -0.394. The lowest BCUT2D eigenvalue weighted by Crippen LogP contribution is -2.20. The van der Waals surface area contributed by atoms with Crippen LogP contribution in [-0.2, 0) is 0 Å². The predicted octanol–water partition coefficient (Wildman–Crippen LogP) is 1.78. The standard InChI is InChI=1S/C9H10N4O4S/c1-4-3-6(12(14)15)5(2)8(13(16)17)7(4)11-9(10)18/h3H,1-2H3,(H3,10,11,18). The van der Waals surface area contributed by atoms with Gasteiger partial charge in [0.05, 0.1) is 9.85 Å².